The molecule has 1 aliphatic heterocycles. The van der Waals surface area contributed by atoms with E-state index in [4.69, 9.17) is 14.7 Å². The lowest BCUT2D eigenvalue weighted by atomic mass is 10.1. The fraction of sp³-hybridized carbons (Fsp3) is 0.240. The molecule has 6 heteroatoms. The largest absolute Gasteiger partial charge is 0.373 e. The monoisotopic (exact) mass is 414 g/mol. The van der Waals surface area contributed by atoms with Gasteiger partial charge in [-0.25, -0.2) is 14.4 Å². The summed E-state index contributed by atoms with van der Waals surface area (Å²) in [6.07, 6.45) is 5.57. The Morgan fingerprint density at radius 2 is 1.74 bits per heavy atom. The van der Waals surface area contributed by atoms with E-state index in [9.17, 15) is 4.39 Å². The molecule has 5 nitrogen and oxygen atoms in total. The predicted octanol–water partition coefficient (Wildman–Crippen LogP) is 5.02. The molecule has 1 saturated heterocycles. The first-order chi connectivity index (χ1) is 15.3. The van der Waals surface area contributed by atoms with E-state index in [0.29, 0.717) is 12.4 Å². The van der Waals surface area contributed by atoms with Crippen LogP contribution in [0.25, 0.3) is 22.3 Å². The highest BCUT2D eigenvalue weighted by atomic mass is 19.1. The summed E-state index contributed by atoms with van der Waals surface area (Å²) in [5.74, 6) is 1.43. The van der Waals surface area contributed by atoms with Gasteiger partial charge in [0.25, 0.3) is 0 Å². The fourth-order valence-corrected chi connectivity index (χ4v) is 3.95. The van der Waals surface area contributed by atoms with Gasteiger partial charge in [-0.05, 0) is 54.8 Å². The Balaban J connectivity index is 1.32. The average Bonchev–Trinajstić information content (AvgIpc) is 2.84. The molecule has 0 amide bonds. The molecule has 2 aromatic heterocycles. The highest BCUT2D eigenvalue weighted by Gasteiger charge is 2.23. The van der Waals surface area contributed by atoms with Gasteiger partial charge in [0, 0.05) is 36.4 Å². The van der Waals surface area contributed by atoms with Crippen LogP contribution in [0.15, 0.2) is 73.1 Å². The molecule has 4 aromatic rings. The van der Waals surface area contributed by atoms with E-state index in [1.807, 2.05) is 30.3 Å². The number of para-hydroxylation sites is 1. The van der Waals surface area contributed by atoms with Crippen LogP contribution < -0.4 is 4.90 Å². The van der Waals surface area contributed by atoms with Crippen LogP contribution in [0.2, 0.25) is 0 Å². The second-order valence-electron chi connectivity index (χ2n) is 7.75. The topological polar surface area (TPSA) is 51.1 Å². The Bertz CT molecular complexity index is 1160. The van der Waals surface area contributed by atoms with Crippen molar-refractivity contribution in [3.05, 3.63) is 84.4 Å². The molecule has 0 atom stereocenters. The Morgan fingerprint density at radius 1 is 0.935 bits per heavy atom. The highest BCUT2D eigenvalue weighted by Crippen LogP contribution is 2.29. The molecule has 0 unspecified atom stereocenters. The second kappa shape index (κ2) is 8.78. The molecule has 0 saturated carbocycles. The molecule has 0 bridgehead atoms. The lowest BCUT2D eigenvalue weighted by molar-refractivity contribution is 0.0250. The quantitative estimate of drug-likeness (QED) is 0.459. The normalized spacial score (nSPS) is 14.8. The van der Waals surface area contributed by atoms with Crippen LogP contribution in [0.3, 0.4) is 0 Å². The van der Waals surface area contributed by atoms with Crippen molar-refractivity contribution in [2.45, 2.75) is 25.6 Å². The summed E-state index contributed by atoms with van der Waals surface area (Å²) < 4.78 is 19.2. The third-order valence-electron chi connectivity index (χ3n) is 5.64. The molecule has 31 heavy (non-hydrogen) atoms. The minimum absolute atomic E-state index is 0.187. The van der Waals surface area contributed by atoms with Crippen molar-refractivity contribution in [2.24, 2.45) is 0 Å². The van der Waals surface area contributed by atoms with E-state index in [2.05, 4.69) is 16.0 Å². The van der Waals surface area contributed by atoms with Crippen LogP contribution in [0, 0.1) is 5.82 Å². The number of fused-ring (bicyclic) bond motifs is 1. The van der Waals surface area contributed by atoms with Crippen molar-refractivity contribution in [2.75, 3.05) is 18.0 Å². The van der Waals surface area contributed by atoms with Crippen molar-refractivity contribution in [1.82, 2.24) is 15.0 Å². The molecule has 0 spiro atoms. The Labute approximate surface area is 180 Å². The number of hydrogen-bond donors (Lipinski definition) is 0. The zero-order valence-electron chi connectivity index (χ0n) is 17.1. The number of rotatable bonds is 5. The number of benzene rings is 2. The number of anilines is 1. The van der Waals surface area contributed by atoms with Crippen molar-refractivity contribution in [3.8, 4) is 11.4 Å². The van der Waals surface area contributed by atoms with Crippen LogP contribution in [0.4, 0.5) is 10.2 Å². The van der Waals surface area contributed by atoms with Crippen LogP contribution >= 0.6 is 0 Å². The minimum atomic E-state index is -0.222. The maximum atomic E-state index is 13.1. The zero-order valence-corrected chi connectivity index (χ0v) is 17.1. The van der Waals surface area contributed by atoms with E-state index in [1.165, 1.54) is 12.1 Å². The Morgan fingerprint density at radius 3 is 2.52 bits per heavy atom. The molecule has 1 aliphatic rings. The first kappa shape index (κ1) is 19.6. The van der Waals surface area contributed by atoms with Crippen LogP contribution in [-0.2, 0) is 11.3 Å². The number of piperidine rings is 1. The molecule has 5 rings (SSSR count). The molecular formula is C25H23FN4O. The van der Waals surface area contributed by atoms with Crippen LogP contribution in [0.1, 0.15) is 18.4 Å². The molecule has 1 fully saturated rings. The number of pyridine rings is 1. The molecule has 156 valence electrons. The lowest BCUT2D eigenvalue weighted by Crippen LogP contribution is -2.37. The van der Waals surface area contributed by atoms with E-state index in [-0.39, 0.29) is 11.9 Å². The van der Waals surface area contributed by atoms with Gasteiger partial charge in [0.2, 0.25) is 0 Å². The minimum Gasteiger partial charge on any atom is -0.373 e. The van der Waals surface area contributed by atoms with Gasteiger partial charge >= 0.3 is 0 Å². The van der Waals surface area contributed by atoms with Crippen molar-refractivity contribution < 1.29 is 9.13 Å². The summed E-state index contributed by atoms with van der Waals surface area (Å²) in [5.41, 5.74) is 2.83. The van der Waals surface area contributed by atoms with Crippen molar-refractivity contribution in [1.29, 1.82) is 0 Å². The van der Waals surface area contributed by atoms with Crippen molar-refractivity contribution in [3.63, 3.8) is 0 Å². The summed E-state index contributed by atoms with van der Waals surface area (Å²) in [6.45, 7) is 2.23. The van der Waals surface area contributed by atoms with Gasteiger partial charge in [-0.2, -0.15) is 0 Å². The molecule has 0 radical (unpaired) electrons. The maximum absolute atomic E-state index is 13.1. The molecule has 2 aromatic carbocycles. The number of ether oxygens (including phenoxy) is 1. The van der Waals surface area contributed by atoms with Gasteiger partial charge in [0.15, 0.2) is 5.82 Å². The highest BCUT2D eigenvalue weighted by molar-refractivity contribution is 5.91. The summed E-state index contributed by atoms with van der Waals surface area (Å²) in [5, 5.41) is 1.06. The lowest BCUT2D eigenvalue weighted by Gasteiger charge is -2.33. The van der Waals surface area contributed by atoms with Crippen molar-refractivity contribution >= 4 is 16.7 Å². The third kappa shape index (κ3) is 4.39. The Hall–Kier alpha value is -3.38. The smallest absolute Gasteiger partial charge is 0.163 e. The zero-order chi connectivity index (χ0) is 21.0. The summed E-state index contributed by atoms with van der Waals surface area (Å²) in [6, 6.07) is 18.5. The van der Waals surface area contributed by atoms with Gasteiger partial charge in [0.1, 0.15) is 11.6 Å². The number of hydrogen-bond acceptors (Lipinski definition) is 5. The summed E-state index contributed by atoms with van der Waals surface area (Å²) in [7, 11) is 0. The third-order valence-corrected chi connectivity index (χ3v) is 5.64. The first-order valence-electron chi connectivity index (χ1n) is 10.5. The molecule has 3 heterocycles. The second-order valence-corrected chi connectivity index (χ2v) is 7.75. The van der Waals surface area contributed by atoms with E-state index in [0.717, 1.165) is 53.8 Å². The van der Waals surface area contributed by atoms with Gasteiger partial charge in [0.05, 0.1) is 18.2 Å². The van der Waals surface area contributed by atoms with E-state index in [1.54, 1.807) is 24.5 Å². The van der Waals surface area contributed by atoms with Gasteiger partial charge in [-0.3, -0.25) is 4.98 Å². The van der Waals surface area contributed by atoms with Gasteiger partial charge in [-0.1, -0.05) is 24.3 Å². The molecule has 0 aliphatic carbocycles. The van der Waals surface area contributed by atoms with Crippen LogP contribution in [-0.4, -0.2) is 34.1 Å². The number of halogens is 1. The number of aromatic nitrogens is 3. The standard InChI is InChI=1S/C25H23FN4O/c26-20-9-7-18(8-10-20)17-31-21-11-14-30(15-12-21)25-22-5-1-2-6-23(22)28-24(29-25)19-4-3-13-27-16-19/h1-10,13,16,21H,11-12,14-15,17H2. The maximum Gasteiger partial charge on any atom is 0.163 e. The van der Waals surface area contributed by atoms with Crippen LogP contribution in [0.5, 0.6) is 0 Å². The van der Waals surface area contributed by atoms with Gasteiger partial charge < -0.3 is 9.64 Å². The first-order valence-corrected chi connectivity index (χ1v) is 10.5. The SMILES string of the molecule is Fc1ccc(COC2CCN(c3nc(-c4cccnc4)nc4ccccc34)CC2)cc1. The van der Waals surface area contributed by atoms with E-state index >= 15 is 0 Å². The summed E-state index contributed by atoms with van der Waals surface area (Å²) >= 11 is 0. The Kier molecular flexibility index (Phi) is 5.54. The molecular weight excluding hydrogens is 391 g/mol. The fourth-order valence-electron chi connectivity index (χ4n) is 3.95. The van der Waals surface area contributed by atoms with E-state index < -0.39 is 0 Å². The average molecular weight is 414 g/mol. The summed E-state index contributed by atoms with van der Waals surface area (Å²) in [4.78, 5) is 16.2. The molecule has 0 N–H and O–H groups in total. The predicted molar refractivity (Wildman–Crippen MR) is 119 cm³/mol. The number of nitrogens with zero attached hydrogens (tertiary/aromatic N) is 4. The van der Waals surface area contributed by atoms with Gasteiger partial charge in [-0.15, -0.1) is 0 Å².